The molecule has 2 aromatic rings. The summed E-state index contributed by atoms with van der Waals surface area (Å²) < 4.78 is 30.9. The Morgan fingerprint density at radius 3 is 2.79 bits per heavy atom. The number of carbonyl (C=O) groups is 2. The summed E-state index contributed by atoms with van der Waals surface area (Å²) in [4.78, 5) is 34.0. The number of anilines is 1. The molecule has 1 aliphatic rings. The molecule has 0 fully saturated rings. The zero-order chi connectivity index (χ0) is 21.3. The van der Waals surface area contributed by atoms with Crippen molar-refractivity contribution in [2.45, 2.75) is 39.3 Å². The third-order valence-electron chi connectivity index (χ3n) is 4.41. The molecule has 0 aromatic carbocycles. The second-order valence-electron chi connectivity index (χ2n) is 6.89. The van der Waals surface area contributed by atoms with Gasteiger partial charge in [0.25, 0.3) is 11.8 Å². The molecule has 1 N–H and O–H groups in total. The Bertz CT molecular complexity index is 965. The maximum atomic E-state index is 13.0. The summed E-state index contributed by atoms with van der Waals surface area (Å²) >= 11 is 6.12. The molecule has 0 saturated carbocycles. The van der Waals surface area contributed by atoms with E-state index in [9.17, 15) is 18.4 Å². The van der Waals surface area contributed by atoms with E-state index in [4.69, 9.17) is 16.3 Å². The van der Waals surface area contributed by atoms with Crippen LogP contribution in [-0.2, 0) is 11.3 Å². The molecule has 3 heterocycles. The number of alkyl halides is 2. The Labute approximate surface area is 171 Å². The Hall–Kier alpha value is -2.81. The lowest BCUT2D eigenvalue weighted by molar-refractivity contribution is -0.114. The second kappa shape index (κ2) is 7.90. The number of nitrogens with one attached hydrogen (secondary N) is 1. The van der Waals surface area contributed by atoms with E-state index in [1.165, 1.54) is 25.4 Å². The molecular weight excluding hydrogens is 406 g/mol. The van der Waals surface area contributed by atoms with Gasteiger partial charge >= 0.3 is 0 Å². The van der Waals surface area contributed by atoms with Crippen LogP contribution in [0, 0.1) is 0 Å². The molecule has 0 aliphatic carbocycles. The van der Waals surface area contributed by atoms with Gasteiger partial charge in [-0.3, -0.25) is 9.59 Å². The zero-order valence-corrected chi connectivity index (χ0v) is 16.8. The van der Waals surface area contributed by atoms with Crippen molar-refractivity contribution in [1.29, 1.82) is 0 Å². The van der Waals surface area contributed by atoms with Crippen molar-refractivity contribution in [2.75, 3.05) is 11.9 Å². The minimum atomic E-state index is -3.01. The molecule has 0 radical (unpaired) electrons. The lowest BCUT2D eigenvalue weighted by Gasteiger charge is -2.25. The minimum Gasteiger partial charge on any atom is -0.470 e. The van der Waals surface area contributed by atoms with Crippen molar-refractivity contribution in [3.8, 4) is 5.88 Å². The average molecular weight is 425 g/mol. The molecule has 1 atom stereocenters. The summed E-state index contributed by atoms with van der Waals surface area (Å²) in [6.45, 7) is 3.30. The molecule has 29 heavy (non-hydrogen) atoms. The van der Waals surface area contributed by atoms with E-state index in [1.807, 2.05) is 0 Å². The maximum Gasteiger partial charge on any atom is 0.278 e. The second-order valence-corrected chi connectivity index (χ2v) is 7.30. The van der Waals surface area contributed by atoms with Crippen molar-refractivity contribution in [2.24, 2.45) is 0 Å². The summed E-state index contributed by atoms with van der Waals surface area (Å²) in [5.74, 6) is -3.27. The highest BCUT2D eigenvalue weighted by molar-refractivity contribution is 6.31. The Kier molecular flexibility index (Phi) is 5.70. The summed E-state index contributed by atoms with van der Waals surface area (Å²) in [5.41, 5.74) is 1.70. The quantitative estimate of drug-likeness (QED) is 0.761. The fraction of sp³-hybridized carbons (Fsp3) is 0.368. The number of pyridine rings is 2. The molecule has 0 spiro atoms. The third kappa shape index (κ3) is 4.61. The van der Waals surface area contributed by atoms with Gasteiger partial charge in [-0.1, -0.05) is 11.6 Å². The number of ether oxygens (including phenoxy) is 1. The number of rotatable bonds is 6. The first kappa shape index (κ1) is 20.9. The van der Waals surface area contributed by atoms with Crippen LogP contribution in [0.15, 0.2) is 24.5 Å². The van der Waals surface area contributed by atoms with Gasteiger partial charge in [-0.15, -0.1) is 0 Å². The van der Waals surface area contributed by atoms with Crippen LogP contribution in [0.4, 0.5) is 14.6 Å². The number of aromatic nitrogens is 2. The standard InChI is InChI=1S/C19H19ClF2N4O3/c1-10(12-6-15(20)17(24-7-12)29-9-19(3,21)22)26-8-14-13(18(26)28)4-5-23-16(14)25-11(2)27/h4-7,10H,8-9H2,1-3H3,(H,23,25,27). The number of hydrogen-bond acceptors (Lipinski definition) is 5. The molecule has 2 aromatic heterocycles. The van der Waals surface area contributed by atoms with Crippen LogP contribution in [0.5, 0.6) is 5.88 Å². The summed E-state index contributed by atoms with van der Waals surface area (Å²) in [6, 6.07) is 2.72. The first-order valence-corrected chi connectivity index (χ1v) is 9.17. The van der Waals surface area contributed by atoms with Gasteiger partial charge in [0.1, 0.15) is 10.8 Å². The van der Waals surface area contributed by atoms with Crippen LogP contribution in [0.1, 0.15) is 48.3 Å². The van der Waals surface area contributed by atoms with Gasteiger partial charge in [0.15, 0.2) is 6.61 Å². The summed E-state index contributed by atoms with van der Waals surface area (Å²) in [7, 11) is 0. The van der Waals surface area contributed by atoms with Crippen molar-refractivity contribution >= 4 is 29.2 Å². The molecule has 2 amide bonds. The molecule has 0 saturated heterocycles. The SMILES string of the molecule is CC(=O)Nc1nccc2c1CN(C(C)c1cnc(OCC(C)(F)F)c(Cl)c1)C2=O. The van der Waals surface area contributed by atoms with Crippen LogP contribution in [0.25, 0.3) is 0 Å². The van der Waals surface area contributed by atoms with Gasteiger partial charge in [-0.05, 0) is 24.6 Å². The summed E-state index contributed by atoms with van der Waals surface area (Å²) in [5, 5.41) is 2.70. The van der Waals surface area contributed by atoms with Crippen molar-refractivity contribution < 1.29 is 23.1 Å². The first-order valence-electron chi connectivity index (χ1n) is 8.79. The fourth-order valence-corrected chi connectivity index (χ4v) is 3.22. The summed E-state index contributed by atoms with van der Waals surface area (Å²) in [6.07, 6.45) is 2.90. The highest BCUT2D eigenvalue weighted by Crippen LogP contribution is 2.35. The van der Waals surface area contributed by atoms with E-state index < -0.39 is 18.6 Å². The number of hydrogen-bond donors (Lipinski definition) is 1. The maximum absolute atomic E-state index is 13.0. The zero-order valence-electron chi connectivity index (χ0n) is 16.0. The molecule has 10 heteroatoms. The van der Waals surface area contributed by atoms with Gasteiger partial charge in [0.05, 0.1) is 12.6 Å². The molecule has 7 nitrogen and oxygen atoms in total. The number of nitrogens with zero attached hydrogens (tertiary/aromatic N) is 3. The Balaban J connectivity index is 1.80. The van der Waals surface area contributed by atoms with Gasteiger partial charge < -0.3 is 15.0 Å². The van der Waals surface area contributed by atoms with E-state index in [1.54, 1.807) is 17.9 Å². The fourth-order valence-electron chi connectivity index (χ4n) is 2.99. The molecule has 0 bridgehead atoms. The van der Waals surface area contributed by atoms with Crippen LogP contribution in [0.3, 0.4) is 0 Å². The molecule has 3 rings (SSSR count). The average Bonchev–Trinajstić information content (AvgIpc) is 2.97. The predicted molar refractivity (Wildman–Crippen MR) is 102 cm³/mol. The highest BCUT2D eigenvalue weighted by Gasteiger charge is 2.34. The monoisotopic (exact) mass is 424 g/mol. The molecule has 1 aliphatic heterocycles. The Morgan fingerprint density at radius 2 is 2.17 bits per heavy atom. The van der Waals surface area contributed by atoms with Crippen LogP contribution >= 0.6 is 11.6 Å². The third-order valence-corrected chi connectivity index (χ3v) is 4.68. The lowest BCUT2D eigenvalue weighted by Crippen LogP contribution is -2.27. The topological polar surface area (TPSA) is 84.4 Å². The highest BCUT2D eigenvalue weighted by atomic mass is 35.5. The van der Waals surface area contributed by atoms with E-state index in [0.29, 0.717) is 22.5 Å². The van der Waals surface area contributed by atoms with Gasteiger partial charge in [-0.25, -0.2) is 18.7 Å². The van der Waals surface area contributed by atoms with Crippen LogP contribution in [0.2, 0.25) is 5.02 Å². The predicted octanol–water partition coefficient (Wildman–Crippen LogP) is 3.84. The number of amides is 2. The normalized spacial score (nSPS) is 14.6. The van der Waals surface area contributed by atoms with Gasteiger partial charge in [0.2, 0.25) is 11.8 Å². The largest absolute Gasteiger partial charge is 0.470 e. The van der Waals surface area contributed by atoms with E-state index >= 15 is 0 Å². The Morgan fingerprint density at radius 1 is 1.45 bits per heavy atom. The van der Waals surface area contributed by atoms with Crippen molar-refractivity contribution in [3.63, 3.8) is 0 Å². The van der Waals surface area contributed by atoms with Crippen molar-refractivity contribution in [3.05, 3.63) is 46.2 Å². The number of fused-ring (bicyclic) bond motifs is 1. The van der Waals surface area contributed by atoms with Gasteiger partial charge in [0, 0.05) is 37.4 Å². The molecule has 1 unspecified atom stereocenters. The van der Waals surface area contributed by atoms with Gasteiger partial charge in [-0.2, -0.15) is 0 Å². The van der Waals surface area contributed by atoms with Crippen LogP contribution < -0.4 is 10.1 Å². The smallest absolute Gasteiger partial charge is 0.278 e. The first-order chi connectivity index (χ1) is 13.6. The number of halogens is 3. The minimum absolute atomic E-state index is 0.0726. The molecule has 154 valence electrons. The molecular formula is C19H19ClF2N4O3. The van der Waals surface area contributed by atoms with Crippen molar-refractivity contribution in [1.82, 2.24) is 14.9 Å². The van der Waals surface area contributed by atoms with E-state index in [2.05, 4.69) is 15.3 Å². The van der Waals surface area contributed by atoms with Crippen LogP contribution in [-0.4, -0.2) is 39.2 Å². The van der Waals surface area contributed by atoms with E-state index in [-0.39, 0.29) is 29.3 Å². The van der Waals surface area contributed by atoms with E-state index in [0.717, 1.165) is 6.92 Å². The lowest BCUT2D eigenvalue weighted by atomic mass is 10.1. The number of carbonyl (C=O) groups excluding carboxylic acids is 2.